The number of rotatable bonds is 9. The molecule has 9 heteroatoms. The molecule has 0 spiro atoms. The molecule has 2 aromatic rings. The van der Waals surface area contributed by atoms with Crippen LogP contribution in [-0.2, 0) is 16.0 Å². The molecule has 2 heterocycles. The van der Waals surface area contributed by atoms with E-state index in [4.69, 9.17) is 0 Å². The normalized spacial score (nSPS) is 16.3. The van der Waals surface area contributed by atoms with Crippen molar-refractivity contribution in [3.63, 3.8) is 0 Å². The van der Waals surface area contributed by atoms with Gasteiger partial charge < -0.3 is 14.8 Å². The number of hydrogen-bond donors (Lipinski definition) is 1. The Morgan fingerprint density at radius 2 is 2.15 bits per heavy atom. The van der Waals surface area contributed by atoms with Crippen LogP contribution in [0.3, 0.4) is 0 Å². The Morgan fingerprint density at radius 3 is 2.81 bits per heavy atom. The van der Waals surface area contributed by atoms with Crippen LogP contribution in [0.4, 0.5) is 0 Å². The molecule has 0 radical (unpaired) electrons. The first-order chi connectivity index (χ1) is 13.1. The molecule has 2 aromatic heterocycles. The number of thiophene rings is 1. The molecule has 0 unspecified atom stereocenters. The van der Waals surface area contributed by atoms with Crippen molar-refractivity contribution in [2.24, 2.45) is 0 Å². The Morgan fingerprint density at radius 1 is 1.33 bits per heavy atom. The molecule has 27 heavy (non-hydrogen) atoms. The number of aromatic nitrogens is 3. The SMILES string of the molecule is CN(CC(=O)NC1CC1)C(=O)CSc1nnc(Cc2cccs2)n1C1CC1. The molecule has 7 nitrogen and oxygen atoms in total. The summed E-state index contributed by atoms with van der Waals surface area (Å²) in [5.74, 6) is 1.07. The Bertz CT molecular complexity index is 812. The lowest BCUT2D eigenvalue weighted by Gasteiger charge is -2.16. The smallest absolute Gasteiger partial charge is 0.239 e. The van der Waals surface area contributed by atoms with Crippen LogP contribution in [0.1, 0.15) is 42.4 Å². The van der Waals surface area contributed by atoms with Crippen LogP contribution < -0.4 is 5.32 Å². The minimum Gasteiger partial charge on any atom is -0.352 e. The number of nitrogens with zero attached hydrogens (tertiary/aromatic N) is 4. The molecular weight excluding hydrogens is 382 g/mol. The van der Waals surface area contributed by atoms with Gasteiger partial charge in [0.2, 0.25) is 11.8 Å². The van der Waals surface area contributed by atoms with Crippen LogP contribution in [0.25, 0.3) is 0 Å². The monoisotopic (exact) mass is 405 g/mol. The predicted octanol–water partition coefficient (Wildman–Crippen LogP) is 2.09. The number of hydrogen-bond acceptors (Lipinski definition) is 6. The van der Waals surface area contributed by atoms with Gasteiger partial charge in [-0.3, -0.25) is 9.59 Å². The molecule has 0 atom stereocenters. The summed E-state index contributed by atoms with van der Waals surface area (Å²) in [4.78, 5) is 27.0. The fourth-order valence-electron chi connectivity index (χ4n) is 2.84. The summed E-state index contributed by atoms with van der Waals surface area (Å²) in [6, 6.07) is 4.92. The van der Waals surface area contributed by atoms with Crippen molar-refractivity contribution in [1.82, 2.24) is 25.0 Å². The van der Waals surface area contributed by atoms with Gasteiger partial charge in [-0.05, 0) is 37.1 Å². The molecular formula is C18H23N5O2S2. The Balaban J connectivity index is 1.34. The maximum absolute atomic E-state index is 12.4. The zero-order chi connectivity index (χ0) is 18.8. The third kappa shape index (κ3) is 4.90. The predicted molar refractivity (Wildman–Crippen MR) is 105 cm³/mol. The van der Waals surface area contributed by atoms with Gasteiger partial charge in [-0.1, -0.05) is 17.8 Å². The standard InChI is InChI=1S/C18H23N5O2S2/c1-22(10-16(24)19-12-4-5-12)17(25)11-27-18-21-20-15(23(18)13-6-7-13)9-14-3-2-8-26-14/h2-3,8,12-13H,4-7,9-11H2,1H3,(H,19,24). The van der Waals surface area contributed by atoms with Crippen molar-refractivity contribution < 1.29 is 9.59 Å². The van der Waals surface area contributed by atoms with Crippen LogP contribution in [0.15, 0.2) is 22.7 Å². The largest absolute Gasteiger partial charge is 0.352 e. The zero-order valence-electron chi connectivity index (χ0n) is 15.3. The summed E-state index contributed by atoms with van der Waals surface area (Å²) < 4.78 is 2.19. The van der Waals surface area contributed by atoms with Crippen molar-refractivity contribution in [3.8, 4) is 0 Å². The lowest BCUT2D eigenvalue weighted by Crippen LogP contribution is -2.39. The second-order valence-corrected chi connectivity index (χ2v) is 9.11. The van der Waals surface area contributed by atoms with Crippen molar-refractivity contribution >= 4 is 34.9 Å². The van der Waals surface area contributed by atoms with E-state index in [2.05, 4.69) is 31.5 Å². The van der Waals surface area contributed by atoms with Crippen LogP contribution in [0, 0.1) is 0 Å². The quantitative estimate of drug-likeness (QED) is 0.646. The van der Waals surface area contributed by atoms with Gasteiger partial charge in [0, 0.05) is 30.4 Å². The third-order valence-corrected chi connectivity index (χ3v) is 6.44. The average Bonchev–Trinajstić information content (AvgIpc) is 3.56. The summed E-state index contributed by atoms with van der Waals surface area (Å²) in [5, 5.41) is 14.5. The number of thioether (sulfide) groups is 1. The molecule has 2 saturated carbocycles. The number of amides is 2. The van der Waals surface area contributed by atoms with Gasteiger partial charge in [-0.25, -0.2) is 0 Å². The maximum atomic E-state index is 12.4. The fraction of sp³-hybridized carbons (Fsp3) is 0.556. The van der Waals surface area contributed by atoms with E-state index in [0.717, 1.165) is 43.1 Å². The summed E-state index contributed by atoms with van der Waals surface area (Å²) in [7, 11) is 1.67. The number of carbonyl (C=O) groups is 2. The molecule has 1 N–H and O–H groups in total. The minimum absolute atomic E-state index is 0.0731. The number of nitrogens with one attached hydrogen (secondary N) is 1. The van der Waals surface area contributed by atoms with E-state index >= 15 is 0 Å². The molecule has 0 aromatic carbocycles. The molecule has 0 aliphatic heterocycles. The molecule has 2 aliphatic rings. The fourth-order valence-corrected chi connectivity index (χ4v) is 4.50. The molecule has 2 aliphatic carbocycles. The minimum atomic E-state index is -0.0854. The van der Waals surface area contributed by atoms with E-state index in [1.54, 1.807) is 18.4 Å². The molecule has 4 rings (SSSR count). The van der Waals surface area contributed by atoms with Crippen molar-refractivity contribution in [3.05, 3.63) is 28.2 Å². The number of likely N-dealkylation sites (N-methyl/N-ethyl adjacent to an activating group) is 1. The van der Waals surface area contributed by atoms with Gasteiger partial charge in [-0.15, -0.1) is 21.5 Å². The van der Waals surface area contributed by atoms with Gasteiger partial charge in [0.15, 0.2) is 5.16 Å². The summed E-state index contributed by atoms with van der Waals surface area (Å²) in [6.07, 6.45) is 5.14. The average molecular weight is 406 g/mol. The van der Waals surface area contributed by atoms with E-state index in [-0.39, 0.29) is 24.1 Å². The van der Waals surface area contributed by atoms with Crippen LogP contribution in [0.5, 0.6) is 0 Å². The molecule has 2 fully saturated rings. The van der Waals surface area contributed by atoms with E-state index in [0.29, 0.717) is 12.1 Å². The summed E-state index contributed by atoms with van der Waals surface area (Å²) in [6.45, 7) is 0.106. The zero-order valence-corrected chi connectivity index (χ0v) is 16.9. The highest BCUT2D eigenvalue weighted by molar-refractivity contribution is 7.99. The lowest BCUT2D eigenvalue weighted by molar-refractivity contribution is -0.132. The molecule has 2 amide bonds. The molecule has 144 valence electrons. The summed E-state index contributed by atoms with van der Waals surface area (Å²) >= 11 is 3.13. The third-order valence-electron chi connectivity index (χ3n) is 4.63. The Labute approximate surface area is 166 Å². The molecule has 0 bridgehead atoms. The Kier molecular flexibility index (Phi) is 5.49. The number of carbonyl (C=O) groups excluding carboxylic acids is 2. The van der Waals surface area contributed by atoms with Gasteiger partial charge in [0.1, 0.15) is 5.82 Å². The van der Waals surface area contributed by atoms with Crippen molar-refractivity contribution in [1.29, 1.82) is 0 Å². The second-order valence-electron chi connectivity index (χ2n) is 7.14. The van der Waals surface area contributed by atoms with Gasteiger partial charge >= 0.3 is 0 Å². The first-order valence-corrected chi connectivity index (χ1v) is 11.1. The van der Waals surface area contributed by atoms with Crippen LogP contribution in [0.2, 0.25) is 0 Å². The van der Waals surface area contributed by atoms with Gasteiger partial charge in [0.25, 0.3) is 0 Å². The topological polar surface area (TPSA) is 80.1 Å². The highest BCUT2D eigenvalue weighted by atomic mass is 32.2. The van der Waals surface area contributed by atoms with Crippen LogP contribution in [-0.4, -0.2) is 56.9 Å². The van der Waals surface area contributed by atoms with E-state index < -0.39 is 0 Å². The second kappa shape index (κ2) is 8.02. The highest BCUT2D eigenvalue weighted by Crippen LogP contribution is 2.39. The van der Waals surface area contributed by atoms with Gasteiger partial charge in [0.05, 0.1) is 12.3 Å². The van der Waals surface area contributed by atoms with Crippen molar-refractivity contribution in [2.75, 3.05) is 19.3 Å². The Hall–Kier alpha value is -1.87. The summed E-state index contributed by atoms with van der Waals surface area (Å²) in [5.41, 5.74) is 0. The lowest BCUT2D eigenvalue weighted by atomic mass is 10.3. The van der Waals surface area contributed by atoms with Crippen molar-refractivity contribution in [2.45, 2.75) is 49.3 Å². The first-order valence-electron chi connectivity index (χ1n) is 9.22. The maximum Gasteiger partial charge on any atom is 0.239 e. The molecule has 0 saturated heterocycles. The highest BCUT2D eigenvalue weighted by Gasteiger charge is 2.30. The van der Waals surface area contributed by atoms with E-state index in [1.165, 1.54) is 21.5 Å². The van der Waals surface area contributed by atoms with Gasteiger partial charge in [-0.2, -0.15) is 0 Å². The first kappa shape index (κ1) is 18.5. The van der Waals surface area contributed by atoms with E-state index in [1.807, 2.05) is 6.07 Å². The van der Waals surface area contributed by atoms with E-state index in [9.17, 15) is 9.59 Å². The van der Waals surface area contributed by atoms with Crippen LogP contribution >= 0.6 is 23.1 Å².